The number of nitrogens with one attached hydrogen (secondary N) is 2. The van der Waals surface area contributed by atoms with Gasteiger partial charge in [0.2, 0.25) is 0 Å². The first-order valence-corrected chi connectivity index (χ1v) is 8.46. The molecule has 0 saturated heterocycles. The second-order valence-corrected chi connectivity index (χ2v) is 6.17. The monoisotopic (exact) mass is 381 g/mol. The Labute approximate surface area is 160 Å². The smallest absolute Gasteiger partial charge is 0.329 e. The van der Waals surface area contributed by atoms with Crippen LogP contribution in [0.5, 0.6) is 0 Å². The van der Waals surface area contributed by atoms with Crippen LogP contribution in [-0.4, -0.2) is 18.0 Å². The molecule has 0 fully saturated rings. The number of aryl methyl sites for hydroxylation is 1. The fourth-order valence-corrected chi connectivity index (χ4v) is 2.44. The lowest BCUT2D eigenvalue weighted by Gasteiger charge is -2.03. The first-order valence-electron chi connectivity index (χ1n) is 8.08. The molecule has 1 aromatic heterocycles. The van der Waals surface area contributed by atoms with Gasteiger partial charge < -0.3 is 9.73 Å². The zero-order valence-electron chi connectivity index (χ0n) is 14.4. The number of furan rings is 1. The zero-order chi connectivity index (χ0) is 19.2. The van der Waals surface area contributed by atoms with Gasteiger partial charge in [-0.1, -0.05) is 41.4 Å². The standard InChI is InChI=1S/C20H16ClN3O3/c1-13-5-7-16(8-6-13)23-19(25)20(26)24-22-12-17-9-10-18(27-17)14-3-2-4-15(21)11-14/h2-12H,1H3,(H,23,25)(H,24,26)/b22-12+. The van der Waals surface area contributed by atoms with Gasteiger partial charge in [-0.3, -0.25) is 9.59 Å². The summed E-state index contributed by atoms with van der Waals surface area (Å²) in [6.07, 6.45) is 1.31. The number of carbonyl (C=O) groups is 2. The molecule has 0 aliphatic rings. The summed E-state index contributed by atoms with van der Waals surface area (Å²) in [6, 6.07) is 17.8. The van der Waals surface area contributed by atoms with E-state index in [4.69, 9.17) is 16.0 Å². The Hall–Kier alpha value is -3.38. The molecule has 0 saturated carbocycles. The number of amides is 2. The number of nitrogens with zero attached hydrogens (tertiary/aromatic N) is 1. The molecule has 1 heterocycles. The highest BCUT2D eigenvalue weighted by Crippen LogP contribution is 2.24. The molecule has 2 aromatic carbocycles. The summed E-state index contributed by atoms with van der Waals surface area (Å²) < 4.78 is 5.61. The molecule has 3 aromatic rings. The summed E-state index contributed by atoms with van der Waals surface area (Å²) in [5, 5.41) is 6.83. The lowest BCUT2D eigenvalue weighted by molar-refractivity contribution is -0.136. The first-order chi connectivity index (χ1) is 13.0. The summed E-state index contributed by atoms with van der Waals surface area (Å²) in [5.41, 5.74) is 4.56. The van der Waals surface area contributed by atoms with Crippen LogP contribution >= 0.6 is 11.6 Å². The molecule has 27 heavy (non-hydrogen) atoms. The van der Waals surface area contributed by atoms with Crippen molar-refractivity contribution in [2.24, 2.45) is 5.10 Å². The lowest BCUT2D eigenvalue weighted by Crippen LogP contribution is -2.32. The van der Waals surface area contributed by atoms with E-state index in [9.17, 15) is 9.59 Å². The topological polar surface area (TPSA) is 83.7 Å². The number of benzene rings is 2. The van der Waals surface area contributed by atoms with E-state index in [1.807, 2.05) is 31.2 Å². The second kappa shape index (κ2) is 8.33. The third-order valence-corrected chi connectivity index (χ3v) is 3.84. The number of carbonyl (C=O) groups excluding carboxylic acids is 2. The third-order valence-electron chi connectivity index (χ3n) is 3.61. The molecular formula is C20H16ClN3O3. The molecule has 136 valence electrons. The van der Waals surface area contributed by atoms with Crippen LogP contribution in [-0.2, 0) is 9.59 Å². The van der Waals surface area contributed by atoms with Gasteiger partial charge in [0, 0.05) is 16.3 Å². The van der Waals surface area contributed by atoms with Crippen LogP contribution in [0.1, 0.15) is 11.3 Å². The number of hydrogen-bond donors (Lipinski definition) is 2. The summed E-state index contributed by atoms with van der Waals surface area (Å²) >= 11 is 5.96. The van der Waals surface area contributed by atoms with Crippen LogP contribution in [0.25, 0.3) is 11.3 Å². The predicted molar refractivity (Wildman–Crippen MR) is 105 cm³/mol. The Bertz CT molecular complexity index is 994. The van der Waals surface area contributed by atoms with Gasteiger partial charge in [0.15, 0.2) is 0 Å². The minimum absolute atomic E-state index is 0.421. The summed E-state index contributed by atoms with van der Waals surface area (Å²) in [5.74, 6) is -0.657. The van der Waals surface area contributed by atoms with Gasteiger partial charge in [-0.05, 0) is 43.3 Å². The highest BCUT2D eigenvalue weighted by Gasteiger charge is 2.12. The van der Waals surface area contributed by atoms with Crippen molar-refractivity contribution in [3.05, 3.63) is 77.0 Å². The van der Waals surface area contributed by atoms with E-state index >= 15 is 0 Å². The van der Waals surface area contributed by atoms with Crippen molar-refractivity contribution in [1.82, 2.24) is 5.43 Å². The lowest BCUT2D eigenvalue weighted by atomic mass is 10.2. The quantitative estimate of drug-likeness (QED) is 0.407. The Balaban J connectivity index is 1.56. The number of anilines is 1. The van der Waals surface area contributed by atoms with Crippen molar-refractivity contribution in [2.75, 3.05) is 5.32 Å². The van der Waals surface area contributed by atoms with Gasteiger partial charge in [-0.2, -0.15) is 5.10 Å². The SMILES string of the molecule is Cc1ccc(NC(=O)C(=O)N/N=C/c2ccc(-c3cccc(Cl)c3)o2)cc1. The van der Waals surface area contributed by atoms with E-state index in [-0.39, 0.29) is 0 Å². The van der Waals surface area contributed by atoms with E-state index < -0.39 is 11.8 Å². The van der Waals surface area contributed by atoms with Crippen molar-refractivity contribution in [3.63, 3.8) is 0 Å². The van der Waals surface area contributed by atoms with Crippen LogP contribution in [0.2, 0.25) is 5.02 Å². The van der Waals surface area contributed by atoms with Crippen LogP contribution in [0.4, 0.5) is 5.69 Å². The molecule has 0 aliphatic carbocycles. The Morgan fingerprint density at radius 2 is 1.81 bits per heavy atom. The van der Waals surface area contributed by atoms with Gasteiger partial charge in [-0.15, -0.1) is 0 Å². The van der Waals surface area contributed by atoms with E-state index in [0.717, 1.165) is 11.1 Å². The van der Waals surface area contributed by atoms with E-state index in [1.165, 1.54) is 6.21 Å². The van der Waals surface area contributed by atoms with Gasteiger partial charge in [0.1, 0.15) is 11.5 Å². The fourth-order valence-electron chi connectivity index (χ4n) is 2.25. The average Bonchev–Trinajstić information content (AvgIpc) is 3.12. The number of halogens is 1. The third kappa shape index (κ3) is 5.05. The minimum atomic E-state index is -0.881. The van der Waals surface area contributed by atoms with Crippen LogP contribution in [0.15, 0.2) is 70.2 Å². The summed E-state index contributed by atoms with van der Waals surface area (Å²) in [6.45, 7) is 1.93. The van der Waals surface area contributed by atoms with Crippen molar-refractivity contribution in [2.45, 2.75) is 6.92 Å². The van der Waals surface area contributed by atoms with E-state index in [0.29, 0.717) is 22.2 Å². The molecule has 0 bridgehead atoms. The Kier molecular flexibility index (Phi) is 5.68. The van der Waals surface area contributed by atoms with Crippen molar-refractivity contribution < 1.29 is 14.0 Å². The van der Waals surface area contributed by atoms with Crippen LogP contribution < -0.4 is 10.7 Å². The molecule has 6 nitrogen and oxygen atoms in total. The molecule has 0 spiro atoms. The van der Waals surface area contributed by atoms with Gasteiger partial charge in [-0.25, -0.2) is 5.43 Å². The van der Waals surface area contributed by atoms with E-state index in [1.54, 1.807) is 36.4 Å². The number of rotatable bonds is 4. The average molecular weight is 382 g/mol. The van der Waals surface area contributed by atoms with Crippen molar-refractivity contribution >= 4 is 35.3 Å². The molecular weight excluding hydrogens is 366 g/mol. The Morgan fingerprint density at radius 3 is 2.56 bits per heavy atom. The molecule has 2 amide bonds. The van der Waals surface area contributed by atoms with Gasteiger partial charge >= 0.3 is 11.8 Å². The Morgan fingerprint density at radius 1 is 1.04 bits per heavy atom. The van der Waals surface area contributed by atoms with Crippen molar-refractivity contribution in [1.29, 1.82) is 0 Å². The van der Waals surface area contributed by atoms with Gasteiger partial charge in [0.05, 0.1) is 6.21 Å². The largest absolute Gasteiger partial charge is 0.455 e. The summed E-state index contributed by atoms with van der Waals surface area (Å²) in [4.78, 5) is 23.6. The molecule has 2 N–H and O–H groups in total. The van der Waals surface area contributed by atoms with Crippen LogP contribution in [0.3, 0.4) is 0 Å². The summed E-state index contributed by atoms with van der Waals surface area (Å²) in [7, 11) is 0. The maximum Gasteiger partial charge on any atom is 0.329 e. The van der Waals surface area contributed by atoms with Gasteiger partial charge in [0.25, 0.3) is 0 Å². The molecule has 0 unspecified atom stereocenters. The highest BCUT2D eigenvalue weighted by atomic mass is 35.5. The maximum atomic E-state index is 11.8. The zero-order valence-corrected chi connectivity index (χ0v) is 15.2. The molecule has 7 heteroatoms. The highest BCUT2D eigenvalue weighted by molar-refractivity contribution is 6.39. The molecule has 0 aliphatic heterocycles. The van der Waals surface area contributed by atoms with Crippen molar-refractivity contribution in [3.8, 4) is 11.3 Å². The maximum absolute atomic E-state index is 11.8. The van der Waals surface area contributed by atoms with Crippen LogP contribution in [0, 0.1) is 6.92 Å². The minimum Gasteiger partial charge on any atom is -0.455 e. The molecule has 3 rings (SSSR count). The molecule has 0 atom stereocenters. The van der Waals surface area contributed by atoms with E-state index in [2.05, 4.69) is 15.8 Å². The first kappa shape index (κ1) is 18.4. The normalized spacial score (nSPS) is 10.7. The predicted octanol–water partition coefficient (Wildman–Crippen LogP) is 4.00. The number of hydrazone groups is 1. The number of hydrogen-bond acceptors (Lipinski definition) is 4. The fraction of sp³-hybridized carbons (Fsp3) is 0.0500. The second-order valence-electron chi connectivity index (χ2n) is 5.73. The molecule has 0 radical (unpaired) electrons.